The molecule has 0 saturated heterocycles. The summed E-state index contributed by atoms with van der Waals surface area (Å²) in [5.41, 5.74) is 1.54. The van der Waals surface area contributed by atoms with Gasteiger partial charge in [0.05, 0.1) is 6.26 Å². The van der Waals surface area contributed by atoms with Crippen LogP contribution in [0.5, 0.6) is 0 Å². The van der Waals surface area contributed by atoms with Crippen molar-refractivity contribution in [1.82, 2.24) is 10.3 Å². The van der Waals surface area contributed by atoms with Crippen molar-refractivity contribution in [3.05, 3.63) is 47.5 Å². The lowest BCUT2D eigenvalue weighted by molar-refractivity contribution is 0.0953. The third-order valence-electron chi connectivity index (χ3n) is 3.10. The van der Waals surface area contributed by atoms with Crippen molar-refractivity contribution < 1.29 is 9.21 Å². The van der Waals surface area contributed by atoms with Gasteiger partial charge in [-0.05, 0) is 37.6 Å². The summed E-state index contributed by atoms with van der Waals surface area (Å²) in [5.74, 6) is 1.53. The van der Waals surface area contributed by atoms with Crippen LogP contribution in [0.1, 0.15) is 35.7 Å². The second-order valence-electron chi connectivity index (χ2n) is 4.70. The first kappa shape index (κ1) is 15.1. The second-order valence-corrected chi connectivity index (χ2v) is 4.70. The number of rotatable bonds is 7. The lowest BCUT2D eigenvalue weighted by Gasteiger charge is -2.09. The van der Waals surface area contributed by atoms with Crippen molar-refractivity contribution in [3.8, 4) is 0 Å². The summed E-state index contributed by atoms with van der Waals surface area (Å²) >= 11 is 0. The lowest BCUT2D eigenvalue weighted by Crippen LogP contribution is -2.26. The molecule has 2 heterocycles. The van der Waals surface area contributed by atoms with Crippen LogP contribution in [0.15, 0.2) is 34.9 Å². The van der Waals surface area contributed by atoms with Crippen LogP contribution >= 0.6 is 0 Å². The Balaban J connectivity index is 1.98. The van der Waals surface area contributed by atoms with E-state index in [0.29, 0.717) is 18.5 Å². The van der Waals surface area contributed by atoms with Gasteiger partial charge in [0.25, 0.3) is 5.91 Å². The molecular formula is C16H21N3O2. The van der Waals surface area contributed by atoms with Crippen LogP contribution in [0.2, 0.25) is 0 Å². The molecule has 0 unspecified atom stereocenters. The van der Waals surface area contributed by atoms with E-state index >= 15 is 0 Å². The highest BCUT2D eigenvalue weighted by atomic mass is 16.3. The Kier molecular flexibility index (Phi) is 5.37. The number of carbonyl (C=O) groups excluding carboxylic acids is 1. The molecule has 5 nitrogen and oxygen atoms in total. The SMILES string of the molecule is CCNc1cc(C(=O)NCCc2ccco2)cc(CC)n1. The van der Waals surface area contributed by atoms with Gasteiger partial charge in [-0.25, -0.2) is 4.98 Å². The minimum absolute atomic E-state index is 0.0854. The molecule has 2 N–H and O–H groups in total. The van der Waals surface area contributed by atoms with Gasteiger partial charge in [-0.15, -0.1) is 0 Å². The number of nitrogens with one attached hydrogen (secondary N) is 2. The first-order chi connectivity index (χ1) is 10.2. The summed E-state index contributed by atoms with van der Waals surface area (Å²) in [7, 11) is 0. The molecule has 0 aliphatic heterocycles. The Bertz CT molecular complexity index is 579. The van der Waals surface area contributed by atoms with Gasteiger partial charge in [0.1, 0.15) is 11.6 Å². The van der Waals surface area contributed by atoms with Gasteiger partial charge in [-0.1, -0.05) is 6.92 Å². The smallest absolute Gasteiger partial charge is 0.251 e. The fourth-order valence-corrected chi connectivity index (χ4v) is 2.03. The summed E-state index contributed by atoms with van der Waals surface area (Å²) in [6.45, 7) is 5.35. The maximum absolute atomic E-state index is 12.2. The predicted molar refractivity (Wildman–Crippen MR) is 82.5 cm³/mol. The van der Waals surface area contributed by atoms with E-state index in [2.05, 4.69) is 15.6 Å². The van der Waals surface area contributed by atoms with Crippen LogP contribution in [-0.4, -0.2) is 24.0 Å². The average molecular weight is 287 g/mol. The molecule has 0 aliphatic rings. The molecule has 0 aliphatic carbocycles. The number of furan rings is 1. The highest BCUT2D eigenvalue weighted by molar-refractivity contribution is 5.95. The molecule has 0 atom stereocenters. The summed E-state index contributed by atoms with van der Waals surface area (Å²) < 4.78 is 5.24. The second kappa shape index (κ2) is 7.47. The van der Waals surface area contributed by atoms with Crippen LogP contribution in [0.3, 0.4) is 0 Å². The van der Waals surface area contributed by atoms with Gasteiger partial charge < -0.3 is 15.1 Å². The van der Waals surface area contributed by atoms with Crippen LogP contribution < -0.4 is 10.6 Å². The monoisotopic (exact) mass is 287 g/mol. The number of amides is 1. The minimum atomic E-state index is -0.0854. The standard InChI is InChI=1S/C16H21N3O2/c1-3-13-10-12(11-15(19-13)17-4-2)16(20)18-8-7-14-6-5-9-21-14/h5-6,9-11H,3-4,7-8H2,1-2H3,(H,17,19)(H,18,20). The van der Waals surface area contributed by atoms with Gasteiger partial charge >= 0.3 is 0 Å². The van der Waals surface area contributed by atoms with Crippen molar-refractivity contribution in [3.63, 3.8) is 0 Å². The molecule has 5 heteroatoms. The molecule has 0 saturated carbocycles. The number of aryl methyl sites for hydroxylation is 1. The average Bonchev–Trinajstić information content (AvgIpc) is 3.00. The number of carbonyl (C=O) groups is 1. The molecule has 2 rings (SSSR count). The minimum Gasteiger partial charge on any atom is -0.469 e. The molecule has 112 valence electrons. The Hall–Kier alpha value is -2.30. The molecule has 21 heavy (non-hydrogen) atoms. The van der Waals surface area contributed by atoms with E-state index in [0.717, 1.165) is 30.2 Å². The summed E-state index contributed by atoms with van der Waals surface area (Å²) in [4.78, 5) is 16.6. The maximum Gasteiger partial charge on any atom is 0.251 e. The van der Waals surface area contributed by atoms with E-state index in [1.807, 2.05) is 32.0 Å². The largest absolute Gasteiger partial charge is 0.469 e. The van der Waals surface area contributed by atoms with E-state index in [9.17, 15) is 4.79 Å². The van der Waals surface area contributed by atoms with Crippen LogP contribution in [0, 0.1) is 0 Å². The van der Waals surface area contributed by atoms with Crippen molar-refractivity contribution in [2.24, 2.45) is 0 Å². The van der Waals surface area contributed by atoms with Crippen molar-refractivity contribution in [2.75, 3.05) is 18.4 Å². The molecule has 0 fully saturated rings. The number of pyridine rings is 1. The van der Waals surface area contributed by atoms with Crippen LogP contribution in [0.25, 0.3) is 0 Å². The zero-order valence-corrected chi connectivity index (χ0v) is 12.5. The van der Waals surface area contributed by atoms with Gasteiger partial charge in [0, 0.05) is 30.8 Å². The van der Waals surface area contributed by atoms with Gasteiger partial charge in [0.2, 0.25) is 0 Å². The lowest BCUT2D eigenvalue weighted by atomic mass is 10.1. The quantitative estimate of drug-likeness (QED) is 0.821. The van der Waals surface area contributed by atoms with E-state index in [4.69, 9.17) is 4.42 Å². The fourth-order valence-electron chi connectivity index (χ4n) is 2.03. The molecule has 1 amide bonds. The highest BCUT2D eigenvalue weighted by Crippen LogP contribution is 2.11. The van der Waals surface area contributed by atoms with Crippen molar-refractivity contribution in [2.45, 2.75) is 26.7 Å². The molecule has 2 aromatic rings. The summed E-state index contributed by atoms with van der Waals surface area (Å²) in [6.07, 6.45) is 3.12. The Morgan fingerprint density at radius 3 is 2.86 bits per heavy atom. The number of nitrogens with zero attached hydrogens (tertiary/aromatic N) is 1. The fraction of sp³-hybridized carbons (Fsp3) is 0.375. The Morgan fingerprint density at radius 2 is 2.19 bits per heavy atom. The van der Waals surface area contributed by atoms with Crippen LogP contribution in [-0.2, 0) is 12.8 Å². The topological polar surface area (TPSA) is 67.2 Å². The molecule has 0 radical (unpaired) electrons. The molecule has 0 bridgehead atoms. The third kappa shape index (κ3) is 4.34. The van der Waals surface area contributed by atoms with Crippen molar-refractivity contribution >= 4 is 11.7 Å². The number of aromatic nitrogens is 1. The molecule has 0 aromatic carbocycles. The van der Waals surface area contributed by atoms with E-state index < -0.39 is 0 Å². The van der Waals surface area contributed by atoms with Crippen molar-refractivity contribution in [1.29, 1.82) is 0 Å². The van der Waals surface area contributed by atoms with Gasteiger partial charge in [-0.2, -0.15) is 0 Å². The summed E-state index contributed by atoms with van der Waals surface area (Å²) in [6, 6.07) is 7.36. The first-order valence-electron chi connectivity index (χ1n) is 7.28. The zero-order chi connectivity index (χ0) is 15.1. The number of hydrogen-bond donors (Lipinski definition) is 2. The molecule has 2 aromatic heterocycles. The van der Waals surface area contributed by atoms with Crippen LogP contribution in [0.4, 0.5) is 5.82 Å². The third-order valence-corrected chi connectivity index (χ3v) is 3.10. The zero-order valence-electron chi connectivity index (χ0n) is 12.5. The van der Waals surface area contributed by atoms with E-state index in [1.165, 1.54) is 0 Å². The maximum atomic E-state index is 12.2. The Labute approximate surface area is 124 Å². The summed E-state index contributed by atoms with van der Waals surface area (Å²) in [5, 5.41) is 6.05. The first-order valence-corrected chi connectivity index (χ1v) is 7.28. The van der Waals surface area contributed by atoms with E-state index in [1.54, 1.807) is 12.3 Å². The number of anilines is 1. The Morgan fingerprint density at radius 1 is 1.33 bits per heavy atom. The number of hydrogen-bond acceptors (Lipinski definition) is 4. The molecular weight excluding hydrogens is 266 g/mol. The van der Waals surface area contributed by atoms with Gasteiger partial charge in [-0.3, -0.25) is 4.79 Å². The van der Waals surface area contributed by atoms with Gasteiger partial charge in [0.15, 0.2) is 0 Å². The normalized spacial score (nSPS) is 10.4. The molecule has 0 spiro atoms. The predicted octanol–water partition coefficient (Wildman–Crippen LogP) is 2.64. The van der Waals surface area contributed by atoms with E-state index in [-0.39, 0.29) is 5.91 Å². The highest BCUT2D eigenvalue weighted by Gasteiger charge is 2.09.